The van der Waals surface area contributed by atoms with E-state index < -0.39 is 0 Å². The van der Waals surface area contributed by atoms with Crippen LogP contribution in [0, 0.1) is 6.92 Å². The first-order chi connectivity index (χ1) is 23.7. The lowest BCUT2D eigenvalue weighted by atomic mass is 9.94. The standard InChI is InChI=1S/C44H29N3O/c1-28-22-24-35(37-19-9-8-18-34(28)37)31-16-10-17-32(26-31)43-45-42(30-14-6-3-7-15-30)46-44(47-43)33-23-25-38-40(27-33)48-39-21-11-20-36(41(38)39)29-12-4-2-5-13-29/h2-27H,1H3. The number of fused-ring (bicyclic) bond motifs is 4. The molecule has 0 spiro atoms. The molecule has 0 unspecified atom stereocenters. The van der Waals surface area contributed by atoms with Gasteiger partial charge in [0.1, 0.15) is 11.2 Å². The van der Waals surface area contributed by atoms with E-state index in [1.807, 2.05) is 54.6 Å². The molecule has 48 heavy (non-hydrogen) atoms. The van der Waals surface area contributed by atoms with Crippen LogP contribution in [0.15, 0.2) is 162 Å². The summed E-state index contributed by atoms with van der Waals surface area (Å²) in [6.45, 7) is 2.16. The van der Waals surface area contributed by atoms with Gasteiger partial charge in [0.25, 0.3) is 0 Å². The Kier molecular flexibility index (Phi) is 6.65. The monoisotopic (exact) mass is 615 g/mol. The lowest BCUT2D eigenvalue weighted by molar-refractivity contribution is 0.669. The van der Waals surface area contributed by atoms with Crippen molar-refractivity contribution in [2.75, 3.05) is 0 Å². The van der Waals surface area contributed by atoms with Crippen molar-refractivity contribution in [2.24, 2.45) is 0 Å². The smallest absolute Gasteiger partial charge is 0.164 e. The first kappa shape index (κ1) is 27.9. The minimum absolute atomic E-state index is 0.593. The van der Waals surface area contributed by atoms with Crippen LogP contribution < -0.4 is 0 Å². The van der Waals surface area contributed by atoms with Gasteiger partial charge in [-0.25, -0.2) is 15.0 Å². The van der Waals surface area contributed by atoms with E-state index in [1.165, 1.54) is 21.9 Å². The number of nitrogens with zero attached hydrogens (tertiary/aromatic N) is 3. The molecule has 0 atom stereocenters. The van der Waals surface area contributed by atoms with Gasteiger partial charge < -0.3 is 4.42 Å². The van der Waals surface area contributed by atoms with Crippen molar-refractivity contribution in [3.8, 4) is 56.4 Å². The van der Waals surface area contributed by atoms with Gasteiger partial charge in [0, 0.05) is 27.5 Å². The highest BCUT2D eigenvalue weighted by Gasteiger charge is 2.17. The molecule has 0 fully saturated rings. The average Bonchev–Trinajstić information content (AvgIpc) is 3.54. The zero-order valence-corrected chi connectivity index (χ0v) is 26.3. The summed E-state index contributed by atoms with van der Waals surface area (Å²) in [4.78, 5) is 15.1. The van der Waals surface area contributed by atoms with Gasteiger partial charge >= 0.3 is 0 Å². The molecule has 0 aliphatic rings. The first-order valence-corrected chi connectivity index (χ1v) is 16.1. The topological polar surface area (TPSA) is 51.8 Å². The summed E-state index contributed by atoms with van der Waals surface area (Å²) in [6.07, 6.45) is 0. The van der Waals surface area contributed by atoms with E-state index in [9.17, 15) is 0 Å². The third-order valence-electron chi connectivity index (χ3n) is 9.08. The van der Waals surface area contributed by atoms with E-state index in [4.69, 9.17) is 19.4 Å². The molecule has 0 saturated heterocycles. The molecule has 0 saturated carbocycles. The maximum atomic E-state index is 6.44. The Balaban J connectivity index is 1.20. The van der Waals surface area contributed by atoms with Crippen molar-refractivity contribution in [3.05, 3.63) is 163 Å². The largest absolute Gasteiger partial charge is 0.456 e. The maximum Gasteiger partial charge on any atom is 0.164 e. The van der Waals surface area contributed by atoms with Crippen LogP contribution in [0.3, 0.4) is 0 Å². The number of hydrogen-bond donors (Lipinski definition) is 0. The Bertz CT molecular complexity index is 2620. The zero-order valence-electron chi connectivity index (χ0n) is 26.3. The van der Waals surface area contributed by atoms with Crippen molar-refractivity contribution in [1.82, 2.24) is 15.0 Å². The molecule has 7 aromatic carbocycles. The Morgan fingerprint density at radius 3 is 1.75 bits per heavy atom. The molecular weight excluding hydrogens is 587 g/mol. The molecule has 4 heteroatoms. The summed E-state index contributed by atoms with van der Waals surface area (Å²) in [5, 5.41) is 4.65. The van der Waals surface area contributed by atoms with Crippen molar-refractivity contribution in [1.29, 1.82) is 0 Å². The van der Waals surface area contributed by atoms with Crippen molar-refractivity contribution < 1.29 is 4.42 Å². The number of aryl methyl sites for hydroxylation is 1. The summed E-state index contributed by atoms with van der Waals surface area (Å²) in [6, 6.07) is 54.4. The molecule has 226 valence electrons. The van der Waals surface area contributed by atoms with Crippen LogP contribution >= 0.6 is 0 Å². The Labute approximate surface area is 278 Å². The second-order valence-electron chi connectivity index (χ2n) is 12.1. The molecule has 0 radical (unpaired) electrons. The Hall–Kier alpha value is -6.39. The number of furan rings is 1. The van der Waals surface area contributed by atoms with Crippen molar-refractivity contribution in [3.63, 3.8) is 0 Å². The fourth-order valence-electron chi connectivity index (χ4n) is 6.70. The molecule has 4 nitrogen and oxygen atoms in total. The van der Waals surface area contributed by atoms with Gasteiger partial charge in [-0.05, 0) is 69.8 Å². The first-order valence-electron chi connectivity index (χ1n) is 16.1. The van der Waals surface area contributed by atoms with E-state index >= 15 is 0 Å². The average molecular weight is 616 g/mol. The van der Waals surface area contributed by atoms with Crippen molar-refractivity contribution >= 4 is 32.7 Å². The lowest BCUT2D eigenvalue weighted by Gasteiger charge is -2.12. The highest BCUT2D eigenvalue weighted by Crippen LogP contribution is 2.38. The fourth-order valence-corrected chi connectivity index (χ4v) is 6.70. The second-order valence-corrected chi connectivity index (χ2v) is 12.1. The number of aromatic nitrogens is 3. The van der Waals surface area contributed by atoms with E-state index in [0.717, 1.165) is 55.3 Å². The fraction of sp³-hybridized carbons (Fsp3) is 0.0227. The molecular formula is C44H29N3O. The molecule has 2 heterocycles. The van der Waals surface area contributed by atoms with Gasteiger partial charge in [0.15, 0.2) is 17.5 Å². The van der Waals surface area contributed by atoms with E-state index in [1.54, 1.807) is 0 Å². The second kappa shape index (κ2) is 11.4. The molecule has 0 bridgehead atoms. The third-order valence-corrected chi connectivity index (χ3v) is 9.08. The number of benzene rings is 7. The van der Waals surface area contributed by atoms with Crippen LogP contribution in [0.25, 0.3) is 89.1 Å². The minimum Gasteiger partial charge on any atom is -0.456 e. The highest BCUT2D eigenvalue weighted by molar-refractivity contribution is 6.13. The molecule has 0 aliphatic heterocycles. The summed E-state index contributed by atoms with van der Waals surface area (Å²) in [5.74, 6) is 1.83. The van der Waals surface area contributed by atoms with Crippen LogP contribution in [-0.4, -0.2) is 15.0 Å². The molecule has 0 N–H and O–H groups in total. The van der Waals surface area contributed by atoms with Crippen LogP contribution in [0.2, 0.25) is 0 Å². The van der Waals surface area contributed by atoms with Crippen molar-refractivity contribution in [2.45, 2.75) is 6.92 Å². The van der Waals surface area contributed by atoms with Gasteiger partial charge in [0.05, 0.1) is 0 Å². The predicted molar refractivity (Wildman–Crippen MR) is 197 cm³/mol. The Morgan fingerprint density at radius 1 is 0.375 bits per heavy atom. The maximum absolute atomic E-state index is 6.44. The molecule has 0 aliphatic carbocycles. The molecule has 0 amide bonds. The summed E-state index contributed by atoms with van der Waals surface area (Å²) in [7, 11) is 0. The predicted octanol–water partition coefficient (Wildman–Crippen LogP) is 11.6. The van der Waals surface area contributed by atoms with Gasteiger partial charge in [0.2, 0.25) is 0 Å². The minimum atomic E-state index is 0.593. The molecule has 9 rings (SSSR count). The number of rotatable bonds is 5. The van der Waals surface area contributed by atoms with E-state index in [-0.39, 0.29) is 0 Å². The molecule has 2 aromatic heterocycles. The third kappa shape index (κ3) is 4.83. The SMILES string of the molecule is Cc1ccc(-c2cccc(-c3nc(-c4ccccc4)nc(-c4ccc5c(c4)oc4cccc(-c6ccccc6)c45)n3)c2)c2ccccc12. The molecule has 9 aromatic rings. The normalized spacial score (nSPS) is 11.4. The van der Waals surface area contributed by atoms with E-state index in [0.29, 0.717) is 17.5 Å². The van der Waals surface area contributed by atoms with Crippen LogP contribution in [0.1, 0.15) is 5.56 Å². The zero-order chi connectivity index (χ0) is 32.0. The lowest BCUT2D eigenvalue weighted by Crippen LogP contribution is -2.00. The Morgan fingerprint density at radius 2 is 0.979 bits per heavy atom. The van der Waals surface area contributed by atoms with Crippen LogP contribution in [-0.2, 0) is 0 Å². The van der Waals surface area contributed by atoms with E-state index in [2.05, 4.69) is 110 Å². The van der Waals surface area contributed by atoms with Crippen LogP contribution in [0.4, 0.5) is 0 Å². The van der Waals surface area contributed by atoms with Gasteiger partial charge in [-0.1, -0.05) is 133 Å². The highest BCUT2D eigenvalue weighted by atomic mass is 16.3. The summed E-state index contributed by atoms with van der Waals surface area (Å²) >= 11 is 0. The van der Waals surface area contributed by atoms with Gasteiger partial charge in [-0.3, -0.25) is 0 Å². The summed E-state index contributed by atoms with van der Waals surface area (Å²) < 4.78 is 6.44. The number of hydrogen-bond acceptors (Lipinski definition) is 4. The van der Waals surface area contributed by atoms with Gasteiger partial charge in [-0.2, -0.15) is 0 Å². The quantitative estimate of drug-likeness (QED) is 0.193. The van der Waals surface area contributed by atoms with Crippen LogP contribution in [0.5, 0.6) is 0 Å². The summed E-state index contributed by atoms with van der Waals surface area (Å²) in [5.41, 5.74) is 10.2. The van der Waals surface area contributed by atoms with Gasteiger partial charge in [-0.15, -0.1) is 0 Å².